The second-order valence-corrected chi connectivity index (χ2v) is 8.29. The number of fused-ring (bicyclic) bond motifs is 1. The summed E-state index contributed by atoms with van der Waals surface area (Å²) >= 11 is 1.49. The number of aryl methyl sites for hydroxylation is 1. The standard InChI is InChI=1S/C25H25N3O3S/c1-4-31-20-11-9-18(10-12-20)15-22(29)28(16-19-7-5-6-14-26-19)25-27-23-21(30-3)13-8-17(2)24(23)32-25/h5-14H,4,15-16H2,1-3H3. The average molecular weight is 448 g/mol. The van der Waals surface area contributed by atoms with Crippen LogP contribution in [-0.4, -0.2) is 29.6 Å². The largest absolute Gasteiger partial charge is 0.494 e. The van der Waals surface area contributed by atoms with Gasteiger partial charge in [0.25, 0.3) is 0 Å². The van der Waals surface area contributed by atoms with Crippen LogP contribution in [0.25, 0.3) is 10.2 Å². The molecule has 0 atom stereocenters. The molecule has 6 nitrogen and oxygen atoms in total. The minimum absolute atomic E-state index is 0.0458. The van der Waals surface area contributed by atoms with Gasteiger partial charge in [-0.15, -0.1) is 0 Å². The lowest BCUT2D eigenvalue weighted by Gasteiger charge is -2.19. The van der Waals surface area contributed by atoms with Crippen molar-refractivity contribution in [2.75, 3.05) is 18.6 Å². The summed E-state index contributed by atoms with van der Waals surface area (Å²) in [5.74, 6) is 1.45. The Bertz CT molecular complexity index is 1210. The Kier molecular flexibility index (Phi) is 6.66. The third kappa shape index (κ3) is 4.73. The topological polar surface area (TPSA) is 64.5 Å². The fourth-order valence-electron chi connectivity index (χ4n) is 3.43. The molecule has 0 saturated heterocycles. The summed E-state index contributed by atoms with van der Waals surface area (Å²) in [7, 11) is 1.63. The number of rotatable bonds is 8. The van der Waals surface area contributed by atoms with Crippen LogP contribution in [0.3, 0.4) is 0 Å². The lowest BCUT2D eigenvalue weighted by Crippen LogP contribution is -2.32. The lowest BCUT2D eigenvalue weighted by atomic mass is 10.1. The number of hydrogen-bond donors (Lipinski definition) is 0. The molecule has 4 rings (SSSR count). The lowest BCUT2D eigenvalue weighted by molar-refractivity contribution is -0.118. The van der Waals surface area contributed by atoms with E-state index in [1.54, 1.807) is 18.2 Å². The molecular formula is C25H25N3O3S. The molecule has 1 amide bonds. The van der Waals surface area contributed by atoms with E-state index in [0.717, 1.165) is 32.8 Å². The maximum absolute atomic E-state index is 13.4. The minimum atomic E-state index is -0.0458. The highest BCUT2D eigenvalue weighted by molar-refractivity contribution is 7.22. The molecule has 164 valence electrons. The van der Waals surface area contributed by atoms with Gasteiger partial charge in [0.05, 0.1) is 37.1 Å². The van der Waals surface area contributed by atoms with E-state index in [1.165, 1.54) is 11.3 Å². The zero-order valence-electron chi connectivity index (χ0n) is 18.4. The highest BCUT2D eigenvalue weighted by Gasteiger charge is 2.22. The molecule has 0 aliphatic carbocycles. The number of amides is 1. The Morgan fingerprint density at radius 1 is 1.09 bits per heavy atom. The van der Waals surface area contributed by atoms with Gasteiger partial charge in [-0.2, -0.15) is 0 Å². The van der Waals surface area contributed by atoms with Crippen molar-refractivity contribution in [3.63, 3.8) is 0 Å². The SMILES string of the molecule is CCOc1ccc(CC(=O)N(Cc2ccccn2)c2nc3c(OC)ccc(C)c3s2)cc1. The molecular weight excluding hydrogens is 422 g/mol. The van der Waals surface area contributed by atoms with Gasteiger partial charge in [-0.25, -0.2) is 4.98 Å². The van der Waals surface area contributed by atoms with Crippen molar-refractivity contribution in [2.24, 2.45) is 0 Å². The molecule has 0 spiro atoms. The first-order valence-corrected chi connectivity index (χ1v) is 11.3. The van der Waals surface area contributed by atoms with Crippen LogP contribution in [0.1, 0.15) is 23.7 Å². The molecule has 2 heterocycles. The van der Waals surface area contributed by atoms with Crippen LogP contribution in [0.2, 0.25) is 0 Å². The van der Waals surface area contributed by atoms with E-state index in [-0.39, 0.29) is 12.3 Å². The Morgan fingerprint density at radius 3 is 2.59 bits per heavy atom. The number of aromatic nitrogens is 2. The highest BCUT2D eigenvalue weighted by Crippen LogP contribution is 2.37. The number of pyridine rings is 1. The average Bonchev–Trinajstić information content (AvgIpc) is 3.26. The number of anilines is 1. The van der Waals surface area contributed by atoms with E-state index in [4.69, 9.17) is 14.5 Å². The summed E-state index contributed by atoms with van der Waals surface area (Å²) in [6.45, 7) is 4.94. The number of benzene rings is 2. The molecule has 0 N–H and O–H groups in total. The number of thiazole rings is 1. The summed E-state index contributed by atoms with van der Waals surface area (Å²) in [5.41, 5.74) is 3.59. The summed E-state index contributed by atoms with van der Waals surface area (Å²) in [4.78, 5) is 24.4. The molecule has 0 fully saturated rings. The van der Waals surface area contributed by atoms with Gasteiger partial charge < -0.3 is 9.47 Å². The van der Waals surface area contributed by atoms with Crippen LogP contribution < -0.4 is 14.4 Å². The van der Waals surface area contributed by atoms with E-state index in [2.05, 4.69) is 4.98 Å². The van der Waals surface area contributed by atoms with Gasteiger partial charge in [0.15, 0.2) is 5.13 Å². The van der Waals surface area contributed by atoms with Crippen molar-refractivity contribution in [2.45, 2.75) is 26.8 Å². The van der Waals surface area contributed by atoms with Crippen LogP contribution in [0, 0.1) is 6.92 Å². The number of carbonyl (C=O) groups excluding carboxylic acids is 1. The normalized spacial score (nSPS) is 10.8. The predicted molar refractivity (Wildman–Crippen MR) is 128 cm³/mol. The first-order chi connectivity index (χ1) is 15.6. The fourth-order valence-corrected chi connectivity index (χ4v) is 4.50. The van der Waals surface area contributed by atoms with E-state index < -0.39 is 0 Å². The number of nitrogens with zero attached hydrogens (tertiary/aromatic N) is 3. The molecule has 32 heavy (non-hydrogen) atoms. The van der Waals surface area contributed by atoms with Gasteiger partial charge in [0.2, 0.25) is 5.91 Å². The molecule has 0 aliphatic rings. The zero-order valence-corrected chi connectivity index (χ0v) is 19.2. The maximum Gasteiger partial charge on any atom is 0.233 e. The molecule has 0 radical (unpaired) electrons. The smallest absolute Gasteiger partial charge is 0.233 e. The van der Waals surface area contributed by atoms with Gasteiger partial charge in [0.1, 0.15) is 17.0 Å². The number of carbonyl (C=O) groups is 1. The summed E-state index contributed by atoms with van der Waals surface area (Å²) < 4.78 is 12.0. The fraction of sp³-hybridized carbons (Fsp3) is 0.240. The quantitative estimate of drug-likeness (QED) is 0.372. The van der Waals surface area contributed by atoms with E-state index in [9.17, 15) is 4.79 Å². The van der Waals surface area contributed by atoms with Crippen molar-refractivity contribution in [3.05, 3.63) is 77.6 Å². The second-order valence-electron chi connectivity index (χ2n) is 7.31. The molecule has 0 aliphatic heterocycles. The van der Waals surface area contributed by atoms with Crippen LogP contribution in [0.15, 0.2) is 60.8 Å². The Hall–Kier alpha value is -3.45. The number of ether oxygens (including phenoxy) is 2. The van der Waals surface area contributed by atoms with Crippen molar-refractivity contribution in [3.8, 4) is 11.5 Å². The number of methoxy groups -OCH3 is 1. The summed E-state index contributed by atoms with van der Waals surface area (Å²) in [6.07, 6.45) is 1.99. The van der Waals surface area contributed by atoms with Gasteiger partial charge in [-0.3, -0.25) is 14.7 Å². The van der Waals surface area contributed by atoms with Crippen LogP contribution in [0.4, 0.5) is 5.13 Å². The molecule has 0 unspecified atom stereocenters. The first-order valence-electron chi connectivity index (χ1n) is 10.4. The Balaban J connectivity index is 1.68. The zero-order chi connectivity index (χ0) is 22.5. The van der Waals surface area contributed by atoms with E-state index in [0.29, 0.717) is 24.0 Å². The van der Waals surface area contributed by atoms with Gasteiger partial charge in [0, 0.05) is 6.20 Å². The van der Waals surface area contributed by atoms with E-state index in [1.807, 2.05) is 68.4 Å². The monoisotopic (exact) mass is 447 g/mol. The second kappa shape index (κ2) is 9.78. The van der Waals surface area contributed by atoms with Crippen molar-refractivity contribution < 1.29 is 14.3 Å². The summed E-state index contributed by atoms with van der Waals surface area (Å²) in [6, 6.07) is 17.2. The van der Waals surface area contributed by atoms with Crippen LogP contribution in [-0.2, 0) is 17.8 Å². The van der Waals surface area contributed by atoms with Crippen molar-refractivity contribution >= 4 is 32.6 Å². The third-order valence-corrected chi connectivity index (χ3v) is 6.29. The molecule has 7 heteroatoms. The highest BCUT2D eigenvalue weighted by atomic mass is 32.1. The van der Waals surface area contributed by atoms with Crippen LogP contribution >= 0.6 is 11.3 Å². The molecule has 2 aromatic heterocycles. The maximum atomic E-state index is 13.4. The van der Waals surface area contributed by atoms with Gasteiger partial charge >= 0.3 is 0 Å². The van der Waals surface area contributed by atoms with Gasteiger partial charge in [-0.1, -0.05) is 35.6 Å². The van der Waals surface area contributed by atoms with Crippen LogP contribution in [0.5, 0.6) is 11.5 Å². The predicted octanol–water partition coefficient (Wildman–Crippen LogP) is 5.18. The van der Waals surface area contributed by atoms with Crippen molar-refractivity contribution in [1.82, 2.24) is 9.97 Å². The van der Waals surface area contributed by atoms with Crippen molar-refractivity contribution in [1.29, 1.82) is 0 Å². The summed E-state index contributed by atoms with van der Waals surface area (Å²) in [5, 5.41) is 0.634. The van der Waals surface area contributed by atoms with E-state index >= 15 is 0 Å². The third-order valence-electron chi connectivity index (χ3n) is 5.08. The first kappa shape index (κ1) is 21.8. The molecule has 2 aromatic carbocycles. The molecule has 0 saturated carbocycles. The molecule has 4 aromatic rings. The number of hydrogen-bond acceptors (Lipinski definition) is 6. The minimum Gasteiger partial charge on any atom is -0.494 e. The Morgan fingerprint density at radius 2 is 1.91 bits per heavy atom. The van der Waals surface area contributed by atoms with Gasteiger partial charge in [-0.05, 0) is 55.3 Å². The molecule has 0 bridgehead atoms. The Labute approximate surface area is 191 Å².